The second kappa shape index (κ2) is 4.28. The van der Waals surface area contributed by atoms with E-state index in [0.29, 0.717) is 28.0 Å². The molecule has 0 unspecified atom stereocenters. The molecule has 4 aromatic rings. The standard InChI is InChI=1S/C16H11FN4/c17-9-5-6-12-10(7-9)15(18)11(8-19-12)16-20-13-3-1-2-4-14(13)21-16/h1-8H,(H2,18,19)(H,20,21). The van der Waals surface area contributed by atoms with Gasteiger partial charge < -0.3 is 10.7 Å². The highest BCUT2D eigenvalue weighted by Gasteiger charge is 2.12. The summed E-state index contributed by atoms with van der Waals surface area (Å²) in [5.41, 5.74) is 9.75. The number of hydrogen-bond donors (Lipinski definition) is 2. The van der Waals surface area contributed by atoms with Crippen molar-refractivity contribution < 1.29 is 4.39 Å². The Kier molecular flexibility index (Phi) is 2.41. The average molecular weight is 278 g/mol. The number of rotatable bonds is 1. The van der Waals surface area contributed by atoms with Crippen molar-refractivity contribution in [3.63, 3.8) is 0 Å². The number of halogens is 1. The zero-order chi connectivity index (χ0) is 14.4. The number of aromatic nitrogens is 3. The smallest absolute Gasteiger partial charge is 0.142 e. The summed E-state index contributed by atoms with van der Waals surface area (Å²) in [6.07, 6.45) is 1.66. The summed E-state index contributed by atoms with van der Waals surface area (Å²) < 4.78 is 13.4. The first-order chi connectivity index (χ1) is 10.2. The van der Waals surface area contributed by atoms with Crippen molar-refractivity contribution in [2.75, 3.05) is 5.73 Å². The van der Waals surface area contributed by atoms with Gasteiger partial charge in [-0.2, -0.15) is 0 Å². The lowest BCUT2D eigenvalue weighted by Crippen LogP contribution is -1.95. The Labute approximate surface area is 119 Å². The van der Waals surface area contributed by atoms with E-state index in [2.05, 4.69) is 15.0 Å². The number of nitrogens with two attached hydrogens (primary N) is 1. The largest absolute Gasteiger partial charge is 0.398 e. The van der Waals surface area contributed by atoms with Gasteiger partial charge in [0, 0.05) is 11.6 Å². The summed E-state index contributed by atoms with van der Waals surface area (Å²) in [4.78, 5) is 12.0. The summed E-state index contributed by atoms with van der Waals surface area (Å²) in [7, 11) is 0. The number of nitrogen functional groups attached to an aromatic ring is 1. The fourth-order valence-corrected chi connectivity index (χ4v) is 2.45. The Bertz CT molecular complexity index is 942. The molecule has 5 heteroatoms. The molecule has 2 aromatic carbocycles. The third-order valence-electron chi connectivity index (χ3n) is 3.52. The summed E-state index contributed by atoms with van der Waals surface area (Å²) >= 11 is 0. The van der Waals surface area contributed by atoms with Crippen LogP contribution in [-0.4, -0.2) is 15.0 Å². The normalized spacial score (nSPS) is 11.3. The molecule has 102 valence electrons. The Morgan fingerprint density at radius 3 is 2.76 bits per heavy atom. The maximum Gasteiger partial charge on any atom is 0.142 e. The molecule has 0 amide bonds. The molecule has 0 aliphatic carbocycles. The molecule has 0 saturated carbocycles. The van der Waals surface area contributed by atoms with Crippen molar-refractivity contribution in [1.82, 2.24) is 15.0 Å². The first-order valence-electron chi connectivity index (χ1n) is 6.51. The van der Waals surface area contributed by atoms with Gasteiger partial charge in [0.05, 0.1) is 27.8 Å². The van der Waals surface area contributed by atoms with E-state index in [4.69, 9.17) is 5.73 Å². The predicted octanol–water partition coefficient (Wildman–Crippen LogP) is 3.50. The fraction of sp³-hybridized carbons (Fsp3) is 0. The van der Waals surface area contributed by atoms with Crippen LogP contribution in [0.2, 0.25) is 0 Å². The lowest BCUT2D eigenvalue weighted by atomic mass is 10.1. The third-order valence-corrected chi connectivity index (χ3v) is 3.52. The van der Waals surface area contributed by atoms with E-state index in [1.165, 1.54) is 12.1 Å². The Morgan fingerprint density at radius 2 is 1.90 bits per heavy atom. The van der Waals surface area contributed by atoms with Gasteiger partial charge in [0.25, 0.3) is 0 Å². The van der Waals surface area contributed by atoms with Gasteiger partial charge in [0.2, 0.25) is 0 Å². The van der Waals surface area contributed by atoms with Gasteiger partial charge >= 0.3 is 0 Å². The van der Waals surface area contributed by atoms with Gasteiger partial charge in [-0.3, -0.25) is 4.98 Å². The monoisotopic (exact) mass is 278 g/mol. The number of pyridine rings is 1. The van der Waals surface area contributed by atoms with Crippen molar-refractivity contribution in [3.8, 4) is 11.4 Å². The van der Waals surface area contributed by atoms with Crippen LogP contribution in [0.15, 0.2) is 48.7 Å². The molecule has 2 heterocycles. The van der Waals surface area contributed by atoms with E-state index in [1.807, 2.05) is 24.3 Å². The second-order valence-electron chi connectivity index (χ2n) is 4.85. The number of H-pyrrole nitrogens is 1. The molecule has 0 fully saturated rings. The van der Waals surface area contributed by atoms with E-state index in [-0.39, 0.29) is 5.82 Å². The molecule has 3 N–H and O–H groups in total. The minimum atomic E-state index is -0.335. The number of para-hydroxylation sites is 2. The van der Waals surface area contributed by atoms with Crippen LogP contribution in [0.5, 0.6) is 0 Å². The molecule has 4 rings (SSSR count). The number of nitrogens with zero attached hydrogens (tertiary/aromatic N) is 2. The number of imidazole rings is 1. The summed E-state index contributed by atoms with van der Waals surface area (Å²) in [5, 5.41) is 0.591. The summed E-state index contributed by atoms with van der Waals surface area (Å²) in [5.74, 6) is 0.296. The van der Waals surface area contributed by atoms with Gasteiger partial charge in [-0.25, -0.2) is 9.37 Å². The summed E-state index contributed by atoms with van der Waals surface area (Å²) in [6, 6.07) is 12.1. The molecule has 0 atom stereocenters. The van der Waals surface area contributed by atoms with E-state index in [0.717, 1.165) is 11.0 Å². The lowest BCUT2D eigenvalue weighted by molar-refractivity contribution is 0.629. The zero-order valence-corrected chi connectivity index (χ0v) is 11.0. The number of aromatic amines is 1. The molecule has 0 aliphatic heterocycles. The van der Waals surface area contributed by atoms with Gasteiger partial charge in [0.15, 0.2) is 0 Å². The van der Waals surface area contributed by atoms with Crippen molar-refractivity contribution in [3.05, 3.63) is 54.5 Å². The van der Waals surface area contributed by atoms with E-state index >= 15 is 0 Å². The number of fused-ring (bicyclic) bond motifs is 2. The molecule has 0 bridgehead atoms. The van der Waals surface area contributed by atoms with Gasteiger partial charge in [-0.15, -0.1) is 0 Å². The highest BCUT2D eigenvalue weighted by atomic mass is 19.1. The van der Waals surface area contributed by atoms with Crippen LogP contribution >= 0.6 is 0 Å². The molecule has 0 aliphatic rings. The van der Waals surface area contributed by atoms with Crippen LogP contribution in [0, 0.1) is 5.82 Å². The Balaban J connectivity index is 1.99. The maximum atomic E-state index is 13.4. The highest BCUT2D eigenvalue weighted by molar-refractivity contribution is 5.97. The van der Waals surface area contributed by atoms with Crippen LogP contribution < -0.4 is 5.73 Å². The SMILES string of the molecule is Nc1c(-c2nc3ccccc3[nH]2)cnc2ccc(F)cc12. The van der Waals surface area contributed by atoms with Crippen molar-refractivity contribution >= 4 is 27.6 Å². The van der Waals surface area contributed by atoms with E-state index < -0.39 is 0 Å². The summed E-state index contributed by atoms with van der Waals surface area (Å²) in [6.45, 7) is 0. The van der Waals surface area contributed by atoms with Crippen molar-refractivity contribution in [1.29, 1.82) is 0 Å². The first-order valence-corrected chi connectivity index (χ1v) is 6.51. The molecule has 0 spiro atoms. The topological polar surface area (TPSA) is 67.6 Å². The van der Waals surface area contributed by atoms with Gasteiger partial charge in [0.1, 0.15) is 11.6 Å². The fourth-order valence-electron chi connectivity index (χ4n) is 2.45. The minimum Gasteiger partial charge on any atom is -0.398 e. The zero-order valence-electron chi connectivity index (χ0n) is 11.0. The Hall–Kier alpha value is -2.95. The molecule has 4 nitrogen and oxygen atoms in total. The number of anilines is 1. The van der Waals surface area contributed by atoms with Crippen LogP contribution in [0.1, 0.15) is 0 Å². The molecule has 0 saturated heterocycles. The minimum absolute atomic E-state index is 0.335. The molecule has 2 aromatic heterocycles. The van der Waals surface area contributed by atoms with Crippen molar-refractivity contribution in [2.24, 2.45) is 0 Å². The van der Waals surface area contributed by atoms with E-state index in [1.54, 1.807) is 12.3 Å². The van der Waals surface area contributed by atoms with Crippen LogP contribution in [0.3, 0.4) is 0 Å². The molecular formula is C16H11FN4. The number of hydrogen-bond acceptors (Lipinski definition) is 3. The average Bonchev–Trinajstić information content (AvgIpc) is 2.92. The first kappa shape index (κ1) is 11.8. The third kappa shape index (κ3) is 1.82. The molecule has 0 radical (unpaired) electrons. The lowest BCUT2D eigenvalue weighted by Gasteiger charge is -2.06. The van der Waals surface area contributed by atoms with Crippen LogP contribution in [-0.2, 0) is 0 Å². The second-order valence-corrected chi connectivity index (χ2v) is 4.85. The number of benzene rings is 2. The van der Waals surface area contributed by atoms with Gasteiger partial charge in [-0.05, 0) is 30.3 Å². The highest BCUT2D eigenvalue weighted by Crippen LogP contribution is 2.30. The maximum absolute atomic E-state index is 13.4. The quantitative estimate of drug-likeness (QED) is 0.560. The molecular weight excluding hydrogens is 267 g/mol. The van der Waals surface area contributed by atoms with Crippen LogP contribution in [0.4, 0.5) is 10.1 Å². The Morgan fingerprint density at radius 1 is 1.05 bits per heavy atom. The predicted molar refractivity (Wildman–Crippen MR) is 81.2 cm³/mol. The molecule has 21 heavy (non-hydrogen) atoms. The van der Waals surface area contributed by atoms with Crippen LogP contribution in [0.25, 0.3) is 33.3 Å². The van der Waals surface area contributed by atoms with E-state index in [9.17, 15) is 4.39 Å². The number of nitrogens with one attached hydrogen (secondary N) is 1. The van der Waals surface area contributed by atoms with Crippen molar-refractivity contribution in [2.45, 2.75) is 0 Å². The van der Waals surface area contributed by atoms with Gasteiger partial charge in [-0.1, -0.05) is 12.1 Å².